The average molecular weight is 406 g/mol. The third-order valence-electron chi connectivity index (χ3n) is 4.93. The molecule has 0 bridgehead atoms. The average Bonchev–Trinajstić information content (AvgIpc) is 3.01. The molecule has 2 heterocycles. The molecule has 1 fully saturated rings. The number of aliphatic hydroxyl groups excluding tert-OH is 1. The molecule has 1 unspecified atom stereocenters. The van der Waals surface area contributed by atoms with E-state index in [-0.39, 0.29) is 22.4 Å². The molecule has 7 heteroatoms. The summed E-state index contributed by atoms with van der Waals surface area (Å²) in [5.74, 6) is -3.35. The van der Waals surface area contributed by atoms with Crippen molar-refractivity contribution < 1.29 is 23.5 Å². The van der Waals surface area contributed by atoms with Gasteiger partial charge in [-0.1, -0.05) is 12.1 Å². The minimum atomic E-state index is -1.07. The largest absolute Gasteiger partial charge is 0.507 e. The third-order valence-corrected chi connectivity index (χ3v) is 4.93. The van der Waals surface area contributed by atoms with Crippen molar-refractivity contribution in [3.05, 3.63) is 101 Å². The lowest BCUT2D eigenvalue weighted by Crippen LogP contribution is -2.29. The Morgan fingerprint density at radius 3 is 2.50 bits per heavy atom. The maximum Gasteiger partial charge on any atom is 0.300 e. The summed E-state index contributed by atoms with van der Waals surface area (Å²) < 4.78 is 27.5. The van der Waals surface area contributed by atoms with Gasteiger partial charge < -0.3 is 5.11 Å². The number of Topliss-reactive ketones (excluding diaryl/α,β-unsaturated/α-hetero) is 1. The van der Waals surface area contributed by atoms with Crippen LogP contribution in [0.3, 0.4) is 0 Å². The molecule has 5 nitrogen and oxygen atoms in total. The number of carbonyl (C=O) groups excluding carboxylic acids is 2. The first-order valence-electron chi connectivity index (χ1n) is 9.12. The number of halogens is 2. The summed E-state index contributed by atoms with van der Waals surface area (Å²) in [6.45, 7) is 1.52. The molecular formula is C23H16F2N2O3. The van der Waals surface area contributed by atoms with Crippen molar-refractivity contribution >= 4 is 23.1 Å². The van der Waals surface area contributed by atoms with Gasteiger partial charge >= 0.3 is 0 Å². The predicted octanol–water partition coefficient (Wildman–Crippen LogP) is 4.29. The van der Waals surface area contributed by atoms with Crippen LogP contribution in [0, 0.1) is 18.6 Å². The Kier molecular flexibility index (Phi) is 4.87. The molecule has 4 rings (SSSR count). The molecule has 150 valence electrons. The number of aliphatic hydroxyl groups is 1. The minimum absolute atomic E-state index is 0.155. The SMILES string of the molecule is Cc1cc(/C(O)=C2\C(=O)C(=O)N(c3cccc(F)c3)C2c2ccccn2)ccc1F. The summed E-state index contributed by atoms with van der Waals surface area (Å²) in [6, 6.07) is 13.0. The number of nitrogens with zero attached hydrogens (tertiary/aromatic N) is 2. The van der Waals surface area contributed by atoms with Gasteiger partial charge in [-0.3, -0.25) is 19.5 Å². The van der Waals surface area contributed by atoms with E-state index in [2.05, 4.69) is 4.98 Å². The highest BCUT2D eigenvalue weighted by atomic mass is 19.1. The molecule has 1 aliphatic heterocycles. The lowest BCUT2D eigenvalue weighted by atomic mass is 9.97. The minimum Gasteiger partial charge on any atom is -0.507 e. The predicted molar refractivity (Wildman–Crippen MR) is 107 cm³/mol. The molecule has 3 aromatic rings. The lowest BCUT2D eigenvalue weighted by molar-refractivity contribution is -0.132. The molecule has 1 amide bonds. The molecule has 1 atom stereocenters. The summed E-state index contributed by atoms with van der Waals surface area (Å²) >= 11 is 0. The second kappa shape index (κ2) is 7.51. The number of carbonyl (C=O) groups is 2. The van der Waals surface area contributed by atoms with E-state index >= 15 is 0 Å². The van der Waals surface area contributed by atoms with Crippen LogP contribution in [0.2, 0.25) is 0 Å². The zero-order chi connectivity index (χ0) is 21.4. The number of hydrogen-bond donors (Lipinski definition) is 1. The maximum absolute atomic E-state index is 13.8. The number of pyridine rings is 1. The second-order valence-corrected chi connectivity index (χ2v) is 6.87. The number of aromatic nitrogens is 1. The van der Waals surface area contributed by atoms with Crippen molar-refractivity contribution in [3.8, 4) is 0 Å². The molecule has 1 N–H and O–H groups in total. The smallest absolute Gasteiger partial charge is 0.300 e. The highest BCUT2D eigenvalue weighted by Gasteiger charge is 2.47. The van der Waals surface area contributed by atoms with Crippen LogP contribution in [0.25, 0.3) is 5.76 Å². The van der Waals surface area contributed by atoms with Crippen molar-refractivity contribution in [3.63, 3.8) is 0 Å². The van der Waals surface area contributed by atoms with Gasteiger partial charge in [0.15, 0.2) is 0 Å². The summed E-state index contributed by atoms with van der Waals surface area (Å²) in [7, 11) is 0. The molecule has 1 aliphatic rings. The monoisotopic (exact) mass is 406 g/mol. The quantitative estimate of drug-likeness (QED) is 0.400. The number of aryl methyl sites for hydroxylation is 1. The van der Waals surface area contributed by atoms with E-state index in [1.165, 1.54) is 49.5 Å². The van der Waals surface area contributed by atoms with E-state index < -0.39 is 35.1 Å². The van der Waals surface area contributed by atoms with Gasteiger partial charge in [0.05, 0.1) is 11.3 Å². The molecule has 0 aliphatic carbocycles. The number of rotatable bonds is 3. The Bertz CT molecular complexity index is 1190. The molecular weight excluding hydrogens is 390 g/mol. The van der Waals surface area contributed by atoms with Crippen molar-refractivity contribution in [2.75, 3.05) is 4.90 Å². The molecule has 1 saturated heterocycles. The van der Waals surface area contributed by atoms with Crippen LogP contribution in [-0.4, -0.2) is 21.8 Å². The fourth-order valence-corrected chi connectivity index (χ4v) is 3.49. The molecule has 0 radical (unpaired) electrons. The molecule has 0 saturated carbocycles. The fourth-order valence-electron chi connectivity index (χ4n) is 3.49. The lowest BCUT2D eigenvalue weighted by Gasteiger charge is -2.24. The first-order valence-corrected chi connectivity index (χ1v) is 9.12. The van der Waals surface area contributed by atoms with E-state index in [9.17, 15) is 23.5 Å². The Hall–Kier alpha value is -3.87. The normalized spacial score (nSPS) is 18.1. The van der Waals surface area contributed by atoms with Crippen molar-refractivity contribution in [1.29, 1.82) is 0 Å². The molecule has 0 spiro atoms. The highest BCUT2D eigenvalue weighted by molar-refractivity contribution is 6.51. The van der Waals surface area contributed by atoms with Crippen LogP contribution < -0.4 is 4.90 Å². The van der Waals surface area contributed by atoms with E-state index in [4.69, 9.17) is 0 Å². The Labute approximate surface area is 170 Å². The number of ketones is 1. The fraction of sp³-hybridized carbons (Fsp3) is 0.0870. The van der Waals surface area contributed by atoms with Crippen LogP contribution in [0.15, 0.2) is 72.4 Å². The zero-order valence-electron chi connectivity index (χ0n) is 15.8. The number of anilines is 1. The summed E-state index contributed by atoms with van der Waals surface area (Å²) in [4.78, 5) is 31.2. The molecule has 1 aromatic heterocycles. The number of benzene rings is 2. The van der Waals surface area contributed by atoms with Gasteiger partial charge in [-0.25, -0.2) is 8.78 Å². The topological polar surface area (TPSA) is 70.5 Å². The van der Waals surface area contributed by atoms with Crippen LogP contribution >= 0.6 is 0 Å². The highest BCUT2D eigenvalue weighted by Crippen LogP contribution is 2.41. The van der Waals surface area contributed by atoms with Crippen LogP contribution in [0.1, 0.15) is 22.9 Å². The third kappa shape index (κ3) is 3.24. The summed E-state index contributed by atoms with van der Waals surface area (Å²) in [5, 5.41) is 10.9. The van der Waals surface area contributed by atoms with Gasteiger partial charge in [-0.15, -0.1) is 0 Å². The van der Waals surface area contributed by atoms with Crippen LogP contribution in [0.4, 0.5) is 14.5 Å². The van der Waals surface area contributed by atoms with E-state index in [0.29, 0.717) is 5.69 Å². The first-order chi connectivity index (χ1) is 14.4. The summed E-state index contributed by atoms with van der Waals surface area (Å²) in [5.41, 5.74) is 0.734. The van der Waals surface area contributed by atoms with Gasteiger partial charge in [0.1, 0.15) is 23.4 Å². The Morgan fingerprint density at radius 1 is 1.03 bits per heavy atom. The second-order valence-electron chi connectivity index (χ2n) is 6.87. The van der Waals surface area contributed by atoms with Gasteiger partial charge in [0.25, 0.3) is 11.7 Å². The van der Waals surface area contributed by atoms with Crippen molar-refractivity contribution in [2.45, 2.75) is 13.0 Å². The van der Waals surface area contributed by atoms with Gasteiger partial charge in [0, 0.05) is 17.4 Å². The summed E-state index contributed by atoms with van der Waals surface area (Å²) in [6.07, 6.45) is 1.49. The van der Waals surface area contributed by atoms with Crippen LogP contribution in [0.5, 0.6) is 0 Å². The maximum atomic E-state index is 13.8. The first kappa shape index (κ1) is 19.4. The van der Waals surface area contributed by atoms with Gasteiger partial charge in [-0.2, -0.15) is 0 Å². The Morgan fingerprint density at radius 2 is 1.83 bits per heavy atom. The van der Waals surface area contributed by atoms with Crippen molar-refractivity contribution in [2.24, 2.45) is 0 Å². The van der Waals surface area contributed by atoms with E-state index in [0.717, 1.165) is 11.0 Å². The molecule has 30 heavy (non-hydrogen) atoms. The van der Waals surface area contributed by atoms with Crippen molar-refractivity contribution in [1.82, 2.24) is 4.98 Å². The number of amides is 1. The molecule has 2 aromatic carbocycles. The van der Waals surface area contributed by atoms with Crippen LogP contribution in [-0.2, 0) is 9.59 Å². The van der Waals surface area contributed by atoms with Gasteiger partial charge in [0.2, 0.25) is 0 Å². The Balaban J connectivity index is 1.95. The zero-order valence-corrected chi connectivity index (χ0v) is 15.8. The van der Waals surface area contributed by atoms with E-state index in [1.807, 2.05) is 0 Å². The standard InChI is InChI=1S/C23H16F2N2O3/c1-13-11-14(8-9-17(13)25)21(28)19-20(18-7-2-3-10-26-18)27(23(30)22(19)29)16-6-4-5-15(24)12-16/h2-12,20,28H,1H3/b21-19+. The van der Waals surface area contributed by atoms with E-state index in [1.54, 1.807) is 18.2 Å². The number of hydrogen-bond acceptors (Lipinski definition) is 4. The van der Waals surface area contributed by atoms with Gasteiger partial charge in [-0.05, 0) is 61.0 Å².